The van der Waals surface area contributed by atoms with E-state index in [1.165, 1.54) is 17.2 Å². The van der Waals surface area contributed by atoms with Gasteiger partial charge in [0, 0.05) is 31.2 Å². The number of hydroxylamine groups is 1. The Morgan fingerprint density at radius 2 is 1.91 bits per heavy atom. The Kier molecular flexibility index (Phi) is 4.38. The number of aromatic hydroxyl groups is 1. The van der Waals surface area contributed by atoms with Crippen molar-refractivity contribution in [2.45, 2.75) is 25.6 Å². The number of rotatable bonds is 4. The zero-order valence-corrected chi connectivity index (χ0v) is 12.2. The molecule has 0 amide bonds. The predicted molar refractivity (Wildman–Crippen MR) is 81.0 cm³/mol. The molecule has 0 saturated carbocycles. The highest BCUT2D eigenvalue weighted by molar-refractivity contribution is 5.35. The summed E-state index contributed by atoms with van der Waals surface area (Å²) < 4.78 is 13.5. The maximum Gasteiger partial charge on any atom is 0.165 e. The van der Waals surface area contributed by atoms with Crippen LogP contribution in [0.1, 0.15) is 16.7 Å². The Bertz CT molecular complexity index is 663. The van der Waals surface area contributed by atoms with Crippen molar-refractivity contribution in [3.63, 3.8) is 0 Å². The van der Waals surface area contributed by atoms with Crippen molar-refractivity contribution in [2.75, 3.05) is 6.54 Å². The van der Waals surface area contributed by atoms with E-state index in [0.717, 1.165) is 6.42 Å². The number of hydrogen-bond donors (Lipinski definition) is 3. The van der Waals surface area contributed by atoms with Gasteiger partial charge < -0.3 is 10.3 Å². The number of hydrogen-bond acceptors (Lipinski definition) is 4. The molecule has 1 atom stereocenters. The summed E-state index contributed by atoms with van der Waals surface area (Å²) in [6.07, 6.45) is 0.805. The smallest absolute Gasteiger partial charge is 0.165 e. The standard InChI is InChI=1S/C17H19FN2O2/c18-16-7-3-6-14(17(16)21)11-20-10-13-5-2-1-4-12(13)8-15(20)9-19-22/h1-7,15,19,21-22H,8-11H2. The molecule has 0 aromatic heterocycles. The van der Waals surface area contributed by atoms with Crippen LogP contribution in [-0.2, 0) is 19.5 Å². The van der Waals surface area contributed by atoms with E-state index in [0.29, 0.717) is 25.2 Å². The highest BCUT2D eigenvalue weighted by Gasteiger charge is 2.26. The number of benzene rings is 2. The Morgan fingerprint density at radius 3 is 2.68 bits per heavy atom. The quantitative estimate of drug-likeness (QED) is 0.759. The van der Waals surface area contributed by atoms with Crippen LogP contribution in [0.3, 0.4) is 0 Å². The molecule has 22 heavy (non-hydrogen) atoms. The Balaban J connectivity index is 1.86. The van der Waals surface area contributed by atoms with Crippen LogP contribution in [0.4, 0.5) is 4.39 Å². The molecular weight excluding hydrogens is 283 g/mol. The highest BCUT2D eigenvalue weighted by atomic mass is 19.1. The fourth-order valence-electron chi connectivity index (χ4n) is 3.04. The van der Waals surface area contributed by atoms with Crippen molar-refractivity contribution >= 4 is 0 Å². The third-order valence-corrected chi connectivity index (χ3v) is 4.23. The average molecular weight is 302 g/mol. The van der Waals surface area contributed by atoms with Gasteiger partial charge in [0.25, 0.3) is 0 Å². The summed E-state index contributed by atoms with van der Waals surface area (Å²) in [7, 11) is 0. The van der Waals surface area contributed by atoms with Gasteiger partial charge in [-0.15, -0.1) is 0 Å². The molecule has 0 spiro atoms. The first-order chi connectivity index (χ1) is 10.7. The molecule has 0 radical (unpaired) electrons. The molecule has 2 aromatic carbocycles. The molecule has 0 saturated heterocycles. The largest absolute Gasteiger partial charge is 0.505 e. The third kappa shape index (κ3) is 2.97. The number of nitrogens with one attached hydrogen (secondary N) is 1. The Morgan fingerprint density at radius 1 is 1.14 bits per heavy atom. The van der Waals surface area contributed by atoms with E-state index in [1.54, 1.807) is 12.1 Å². The maximum atomic E-state index is 13.5. The van der Waals surface area contributed by atoms with E-state index in [1.807, 2.05) is 12.1 Å². The molecule has 1 aliphatic heterocycles. The van der Waals surface area contributed by atoms with Crippen LogP contribution < -0.4 is 5.48 Å². The topological polar surface area (TPSA) is 55.7 Å². The summed E-state index contributed by atoms with van der Waals surface area (Å²) in [5.41, 5.74) is 5.28. The molecule has 3 N–H and O–H groups in total. The minimum atomic E-state index is -0.605. The van der Waals surface area contributed by atoms with Crippen LogP contribution in [0, 0.1) is 5.82 Å². The van der Waals surface area contributed by atoms with E-state index in [-0.39, 0.29) is 11.8 Å². The van der Waals surface area contributed by atoms with Crippen LogP contribution in [0.25, 0.3) is 0 Å². The van der Waals surface area contributed by atoms with Gasteiger partial charge in [0.05, 0.1) is 0 Å². The first-order valence-electron chi connectivity index (χ1n) is 7.33. The van der Waals surface area contributed by atoms with Crippen molar-refractivity contribution in [1.29, 1.82) is 0 Å². The van der Waals surface area contributed by atoms with Crippen molar-refractivity contribution in [2.24, 2.45) is 0 Å². The molecule has 1 unspecified atom stereocenters. The van der Waals surface area contributed by atoms with Crippen LogP contribution in [0.2, 0.25) is 0 Å². The Labute approximate surface area is 128 Å². The molecule has 3 rings (SSSR count). The van der Waals surface area contributed by atoms with Crippen LogP contribution >= 0.6 is 0 Å². The number of para-hydroxylation sites is 1. The van der Waals surface area contributed by atoms with Gasteiger partial charge in [-0.3, -0.25) is 4.90 Å². The van der Waals surface area contributed by atoms with E-state index >= 15 is 0 Å². The first kappa shape index (κ1) is 15.0. The van der Waals surface area contributed by atoms with Gasteiger partial charge >= 0.3 is 0 Å². The fraction of sp³-hybridized carbons (Fsp3) is 0.294. The van der Waals surface area contributed by atoms with Gasteiger partial charge in [-0.25, -0.2) is 9.87 Å². The summed E-state index contributed by atoms with van der Waals surface area (Å²) in [5.74, 6) is -0.899. The predicted octanol–water partition coefficient (Wildman–Crippen LogP) is 2.44. The van der Waals surface area contributed by atoms with Gasteiger partial charge in [-0.1, -0.05) is 36.4 Å². The lowest BCUT2D eigenvalue weighted by atomic mass is 9.93. The van der Waals surface area contributed by atoms with E-state index in [2.05, 4.69) is 22.5 Å². The third-order valence-electron chi connectivity index (χ3n) is 4.23. The molecule has 0 aliphatic carbocycles. The summed E-state index contributed by atoms with van der Waals surface area (Å²) >= 11 is 0. The van der Waals surface area contributed by atoms with Crippen molar-refractivity contribution < 1.29 is 14.7 Å². The molecule has 2 aromatic rings. The summed E-state index contributed by atoms with van der Waals surface area (Å²) in [6, 6.07) is 12.8. The van der Waals surface area contributed by atoms with Crippen LogP contribution in [-0.4, -0.2) is 27.8 Å². The number of phenolic OH excluding ortho intramolecular Hbond substituents is 1. The molecule has 0 bridgehead atoms. The molecule has 4 nitrogen and oxygen atoms in total. The van der Waals surface area contributed by atoms with Crippen molar-refractivity contribution in [1.82, 2.24) is 10.4 Å². The molecule has 1 heterocycles. The summed E-state index contributed by atoms with van der Waals surface area (Å²) in [4.78, 5) is 2.14. The molecule has 116 valence electrons. The minimum Gasteiger partial charge on any atom is -0.505 e. The molecule has 0 fully saturated rings. The fourth-order valence-corrected chi connectivity index (χ4v) is 3.04. The van der Waals surface area contributed by atoms with E-state index in [4.69, 9.17) is 5.21 Å². The Hall–Kier alpha value is -1.95. The number of phenols is 1. The monoisotopic (exact) mass is 302 g/mol. The van der Waals surface area contributed by atoms with Crippen molar-refractivity contribution in [3.8, 4) is 5.75 Å². The second-order valence-corrected chi connectivity index (χ2v) is 5.64. The van der Waals surface area contributed by atoms with Gasteiger partial charge in [0.2, 0.25) is 0 Å². The maximum absolute atomic E-state index is 13.5. The van der Waals surface area contributed by atoms with Gasteiger partial charge in [-0.05, 0) is 23.6 Å². The lowest BCUT2D eigenvalue weighted by Gasteiger charge is -2.36. The van der Waals surface area contributed by atoms with Gasteiger partial charge in [0.1, 0.15) is 0 Å². The van der Waals surface area contributed by atoms with Gasteiger partial charge in [0.15, 0.2) is 11.6 Å². The lowest BCUT2D eigenvalue weighted by molar-refractivity contribution is 0.0945. The molecule has 1 aliphatic rings. The number of fused-ring (bicyclic) bond motifs is 1. The second kappa shape index (κ2) is 6.44. The van der Waals surface area contributed by atoms with Crippen LogP contribution in [0.5, 0.6) is 5.75 Å². The SMILES string of the molecule is ONCC1Cc2ccccc2CN1Cc1cccc(F)c1O. The minimum absolute atomic E-state index is 0.0857. The summed E-state index contributed by atoms with van der Waals surface area (Å²) in [6.45, 7) is 1.56. The van der Waals surface area contributed by atoms with E-state index in [9.17, 15) is 9.50 Å². The van der Waals surface area contributed by atoms with Gasteiger partial charge in [-0.2, -0.15) is 0 Å². The highest BCUT2D eigenvalue weighted by Crippen LogP contribution is 2.28. The van der Waals surface area contributed by atoms with Crippen molar-refractivity contribution in [3.05, 3.63) is 65.0 Å². The van der Waals surface area contributed by atoms with E-state index < -0.39 is 5.82 Å². The number of nitrogens with zero attached hydrogens (tertiary/aromatic N) is 1. The number of halogens is 1. The molecular formula is C17H19FN2O2. The molecule has 5 heteroatoms. The van der Waals surface area contributed by atoms with Crippen LogP contribution in [0.15, 0.2) is 42.5 Å². The zero-order chi connectivity index (χ0) is 15.5. The second-order valence-electron chi connectivity index (χ2n) is 5.64. The lowest BCUT2D eigenvalue weighted by Crippen LogP contribution is -2.45. The average Bonchev–Trinajstić information content (AvgIpc) is 2.52. The first-order valence-corrected chi connectivity index (χ1v) is 7.33. The normalized spacial score (nSPS) is 18.2. The zero-order valence-electron chi connectivity index (χ0n) is 12.2. The summed E-state index contributed by atoms with van der Waals surface area (Å²) in [5, 5.41) is 18.9.